The second kappa shape index (κ2) is 5.99. The van der Waals surface area contributed by atoms with Crippen LogP contribution in [0.3, 0.4) is 0 Å². The quantitative estimate of drug-likeness (QED) is 0.706. The molecule has 1 unspecified atom stereocenters. The highest BCUT2D eigenvalue weighted by atomic mass is 79.9. The Kier molecular flexibility index (Phi) is 3.89. The van der Waals surface area contributed by atoms with Crippen LogP contribution in [-0.4, -0.2) is 0 Å². The fraction of sp³-hybridized carbons (Fsp3) is 0.0556. The average molecular weight is 337 g/mol. The van der Waals surface area contributed by atoms with Crippen LogP contribution in [0.5, 0.6) is 0 Å². The summed E-state index contributed by atoms with van der Waals surface area (Å²) in [5.41, 5.74) is 1.88. The smallest absolute Gasteiger partial charge is 0.140 e. The highest BCUT2D eigenvalue weighted by Gasteiger charge is 2.12. The summed E-state index contributed by atoms with van der Waals surface area (Å²) >= 11 is 3.49. The lowest BCUT2D eigenvalue weighted by molar-refractivity contribution is 0.999. The Hall–Kier alpha value is -2.31. The molecule has 0 aliphatic rings. The molecule has 2 nitrogen and oxygen atoms in total. The van der Waals surface area contributed by atoms with Crippen molar-refractivity contribution in [1.82, 2.24) is 0 Å². The van der Waals surface area contributed by atoms with Crippen molar-refractivity contribution in [2.45, 2.75) is 6.04 Å². The van der Waals surface area contributed by atoms with E-state index >= 15 is 0 Å². The summed E-state index contributed by atoms with van der Waals surface area (Å²) in [4.78, 5) is 0. The van der Waals surface area contributed by atoms with Crippen LogP contribution in [-0.2, 0) is 0 Å². The molecule has 0 spiro atoms. The van der Waals surface area contributed by atoms with E-state index in [2.05, 4.69) is 51.6 Å². The molecule has 0 bridgehead atoms. The van der Waals surface area contributed by atoms with E-state index in [-0.39, 0.29) is 6.04 Å². The number of anilines is 1. The molecule has 3 aromatic carbocycles. The van der Waals surface area contributed by atoms with Gasteiger partial charge >= 0.3 is 0 Å². The van der Waals surface area contributed by atoms with Gasteiger partial charge in [-0.3, -0.25) is 0 Å². The molecule has 0 fully saturated rings. The van der Waals surface area contributed by atoms with Gasteiger partial charge in [-0.25, -0.2) is 0 Å². The predicted octanol–water partition coefficient (Wildman–Crippen LogP) is 5.28. The standard InChI is InChI=1S/C18H13BrN2/c19-16-7-3-4-8-17(16)21-18(12-20)15-10-9-13-5-1-2-6-14(13)11-15/h1-11,18,21H. The van der Waals surface area contributed by atoms with Crippen molar-refractivity contribution < 1.29 is 0 Å². The molecule has 0 aromatic heterocycles. The molecule has 1 atom stereocenters. The Labute approximate surface area is 132 Å². The van der Waals surface area contributed by atoms with Gasteiger partial charge in [0.2, 0.25) is 0 Å². The summed E-state index contributed by atoms with van der Waals surface area (Å²) in [5.74, 6) is 0. The average Bonchev–Trinajstić information content (AvgIpc) is 2.54. The third-order valence-electron chi connectivity index (χ3n) is 3.41. The van der Waals surface area contributed by atoms with Crippen LogP contribution in [0.1, 0.15) is 11.6 Å². The number of nitriles is 1. The topological polar surface area (TPSA) is 35.8 Å². The maximum absolute atomic E-state index is 9.48. The second-order valence-corrected chi connectivity index (χ2v) is 5.65. The molecule has 3 rings (SSSR count). The molecule has 0 aliphatic carbocycles. The van der Waals surface area contributed by atoms with E-state index in [1.165, 1.54) is 5.39 Å². The minimum absolute atomic E-state index is 0.381. The van der Waals surface area contributed by atoms with E-state index in [1.807, 2.05) is 42.5 Å². The molecule has 102 valence electrons. The summed E-state index contributed by atoms with van der Waals surface area (Å²) in [6.07, 6.45) is 0. The maximum atomic E-state index is 9.48. The van der Waals surface area contributed by atoms with Gasteiger partial charge in [-0.1, -0.05) is 48.5 Å². The largest absolute Gasteiger partial charge is 0.365 e. The highest BCUT2D eigenvalue weighted by Crippen LogP contribution is 2.27. The molecule has 0 saturated heterocycles. The third-order valence-corrected chi connectivity index (χ3v) is 4.10. The zero-order valence-corrected chi connectivity index (χ0v) is 12.8. The van der Waals surface area contributed by atoms with E-state index in [4.69, 9.17) is 0 Å². The number of hydrogen-bond acceptors (Lipinski definition) is 2. The number of halogens is 1. The van der Waals surface area contributed by atoms with Crippen molar-refractivity contribution in [2.75, 3.05) is 5.32 Å². The van der Waals surface area contributed by atoms with Gasteiger partial charge in [-0.2, -0.15) is 5.26 Å². The fourth-order valence-electron chi connectivity index (χ4n) is 2.31. The minimum Gasteiger partial charge on any atom is -0.365 e. The lowest BCUT2D eigenvalue weighted by atomic mass is 10.0. The Morgan fingerprint density at radius 2 is 1.62 bits per heavy atom. The first-order valence-electron chi connectivity index (χ1n) is 6.67. The monoisotopic (exact) mass is 336 g/mol. The molecule has 1 N–H and O–H groups in total. The van der Waals surface area contributed by atoms with Crippen LogP contribution in [0, 0.1) is 11.3 Å². The third kappa shape index (κ3) is 2.91. The zero-order valence-electron chi connectivity index (χ0n) is 11.3. The summed E-state index contributed by atoms with van der Waals surface area (Å²) in [7, 11) is 0. The van der Waals surface area contributed by atoms with Gasteiger partial charge in [0.15, 0.2) is 0 Å². The maximum Gasteiger partial charge on any atom is 0.140 e. The molecule has 3 aromatic rings. The van der Waals surface area contributed by atoms with Crippen LogP contribution >= 0.6 is 15.9 Å². The Morgan fingerprint density at radius 3 is 2.38 bits per heavy atom. The molecule has 21 heavy (non-hydrogen) atoms. The number of rotatable bonds is 3. The lowest BCUT2D eigenvalue weighted by Crippen LogP contribution is -2.08. The Morgan fingerprint density at radius 1 is 0.905 bits per heavy atom. The molecule has 0 amide bonds. The molecule has 0 radical (unpaired) electrons. The van der Waals surface area contributed by atoms with Crippen LogP contribution < -0.4 is 5.32 Å². The number of nitrogens with one attached hydrogen (secondary N) is 1. The van der Waals surface area contributed by atoms with Crippen LogP contribution in [0.4, 0.5) is 5.69 Å². The number of hydrogen-bond donors (Lipinski definition) is 1. The number of para-hydroxylation sites is 1. The SMILES string of the molecule is N#CC(Nc1ccccc1Br)c1ccc2ccccc2c1. The zero-order chi connectivity index (χ0) is 14.7. The summed E-state index contributed by atoms with van der Waals surface area (Å²) in [6.45, 7) is 0. The van der Waals surface area contributed by atoms with Crippen LogP contribution in [0.15, 0.2) is 71.2 Å². The van der Waals surface area contributed by atoms with Crippen molar-refractivity contribution in [2.24, 2.45) is 0 Å². The molecule has 0 heterocycles. The molecule has 0 saturated carbocycles. The van der Waals surface area contributed by atoms with Crippen molar-refractivity contribution >= 4 is 32.4 Å². The number of nitrogens with zero attached hydrogens (tertiary/aromatic N) is 1. The molecule has 0 aliphatic heterocycles. The van der Waals surface area contributed by atoms with Crippen molar-refractivity contribution in [3.63, 3.8) is 0 Å². The first kappa shape index (κ1) is 13.7. The summed E-state index contributed by atoms with van der Waals surface area (Å²) < 4.78 is 0.950. The summed E-state index contributed by atoms with van der Waals surface area (Å²) in [5, 5.41) is 15.1. The van der Waals surface area contributed by atoms with Crippen LogP contribution in [0.2, 0.25) is 0 Å². The second-order valence-electron chi connectivity index (χ2n) is 4.79. The van der Waals surface area contributed by atoms with Gasteiger partial charge < -0.3 is 5.32 Å². The number of benzene rings is 3. The van der Waals surface area contributed by atoms with Crippen LogP contribution in [0.25, 0.3) is 10.8 Å². The predicted molar refractivity (Wildman–Crippen MR) is 90.1 cm³/mol. The van der Waals surface area contributed by atoms with Crippen molar-refractivity contribution in [3.8, 4) is 6.07 Å². The van der Waals surface area contributed by atoms with Gasteiger partial charge in [0, 0.05) is 10.2 Å². The molecular formula is C18H13BrN2. The van der Waals surface area contributed by atoms with E-state index in [0.29, 0.717) is 0 Å². The lowest BCUT2D eigenvalue weighted by Gasteiger charge is -2.15. The normalized spacial score (nSPS) is 11.8. The van der Waals surface area contributed by atoms with E-state index in [9.17, 15) is 5.26 Å². The summed E-state index contributed by atoms with van der Waals surface area (Å²) in [6, 6.07) is 24.0. The van der Waals surface area contributed by atoms with E-state index < -0.39 is 0 Å². The fourth-order valence-corrected chi connectivity index (χ4v) is 2.71. The van der Waals surface area contributed by atoms with E-state index in [1.54, 1.807) is 0 Å². The molecular weight excluding hydrogens is 324 g/mol. The van der Waals surface area contributed by atoms with Gasteiger partial charge in [-0.05, 0) is 50.5 Å². The van der Waals surface area contributed by atoms with Gasteiger partial charge in [0.1, 0.15) is 6.04 Å². The van der Waals surface area contributed by atoms with Gasteiger partial charge in [0.25, 0.3) is 0 Å². The number of fused-ring (bicyclic) bond motifs is 1. The Balaban J connectivity index is 1.95. The van der Waals surface area contributed by atoms with Crippen molar-refractivity contribution in [3.05, 3.63) is 76.8 Å². The minimum atomic E-state index is -0.381. The van der Waals surface area contributed by atoms with E-state index in [0.717, 1.165) is 21.1 Å². The Bertz CT molecular complexity index is 821. The first-order chi connectivity index (χ1) is 10.3. The molecule has 3 heteroatoms. The van der Waals surface area contributed by atoms with Crippen molar-refractivity contribution in [1.29, 1.82) is 5.26 Å². The first-order valence-corrected chi connectivity index (χ1v) is 7.46. The van der Waals surface area contributed by atoms with Gasteiger partial charge in [-0.15, -0.1) is 0 Å². The van der Waals surface area contributed by atoms with Gasteiger partial charge in [0.05, 0.1) is 6.07 Å². The highest BCUT2D eigenvalue weighted by molar-refractivity contribution is 9.10.